The van der Waals surface area contributed by atoms with Crippen LogP contribution in [0.15, 0.2) is 28.7 Å². The number of hydrogen-bond acceptors (Lipinski definition) is 4. The number of halogens is 1. The number of ether oxygens (including phenoxy) is 1. The maximum absolute atomic E-state index is 11.0. The van der Waals surface area contributed by atoms with Gasteiger partial charge in [0.25, 0.3) is 0 Å². The largest absolute Gasteiger partial charge is 0.490 e. The molecule has 0 unspecified atom stereocenters. The SMILES string of the molecule is N#CCC(=O)NC[C@H](O)COc1ccccc1Br. The summed E-state index contributed by atoms with van der Waals surface area (Å²) in [6, 6.07) is 9.00. The average Bonchev–Trinajstić information content (AvgIpc) is 2.36. The lowest BCUT2D eigenvalue weighted by Gasteiger charge is -2.13. The minimum Gasteiger partial charge on any atom is -0.490 e. The van der Waals surface area contributed by atoms with E-state index in [2.05, 4.69) is 21.2 Å². The lowest BCUT2D eigenvalue weighted by molar-refractivity contribution is -0.120. The van der Waals surface area contributed by atoms with Crippen LogP contribution in [0.4, 0.5) is 0 Å². The Hall–Kier alpha value is -1.58. The molecule has 0 saturated carbocycles. The first kappa shape index (κ1) is 14.5. The highest BCUT2D eigenvalue weighted by atomic mass is 79.9. The van der Waals surface area contributed by atoms with Crippen LogP contribution in [-0.4, -0.2) is 30.3 Å². The monoisotopic (exact) mass is 312 g/mol. The lowest BCUT2D eigenvalue weighted by atomic mass is 10.3. The van der Waals surface area contributed by atoms with E-state index in [4.69, 9.17) is 10.00 Å². The summed E-state index contributed by atoms with van der Waals surface area (Å²) in [6.07, 6.45) is -1.03. The molecule has 0 saturated heterocycles. The summed E-state index contributed by atoms with van der Waals surface area (Å²) >= 11 is 3.32. The maximum Gasteiger partial charge on any atom is 0.234 e. The summed E-state index contributed by atoms with van der Waals surface area (Å²) < 4.78 is 6.17. The Kier molecular flexibility index (Phi) is 6.19. The third-order valence-corrected chi connectivity index (χ3v) is 2.70. The number of aliphatic hydroxyl groups is 1. The molecule has 0 aliphatic carbocycles. The van der Waals surface area contributed by atoms with E-state index in [1.54, 1.807) is 12.1 Å². The number of rotatable bonds is 6. The first-order chi connectivity index (χ1) is 8.63. The fourth-order valence-corrected chi connectivity index (χ4v) is 1.57. The summed E-state index contributed by atoms with van der Waals surface area (Å²) in [5.41, 5.74) is 0. The van der Waals surface area contributed by atoms with Gasteiger partial charge in [-0.25, -0.2) is 0 Å². The molecule has 0 aliphatic rings. The quantitative estimate of drug-likeness (QED) is 0.827. The van der Waals surface area contributed by atoms with Crippen molar-refractivity contribution in [2.75, 3.05) is 13.2 Å². The summed E-state index contributed by atoms with van der Waals surface area (Å²) in [4.78, 5) is 11.0. The summed E-state index contributed by atoms with van der Waals surface area (Å²) in [7, 11) is 0. The fourth-order valence-electron chi connectivity index (χ4n) is 1.17. The van der Waals surface area contributed by atoms with Crippen molar-refractivity contribution in [3.8, 4) is 11.8 Å². The molecule has 0 fully saturated rings. The Labute approximate surface area is 114 Å². The topological polar surface area (TPSA) is 82.4 Å². The van der Waals surface area contributed by atoms with Crippen LogP contribution in [0.25, 0.3) is 0 Å². The third kappa shape index (κ3) is 5.17. The van der Waals surface area contributed by atoms with Crippen LogP contribution in [0.3, 0.4) is 0 Å². The molecular formula is C12H13BrN2O3. The third-order valence-electron chi connectivity index (χ3n) is 2.04. The van der Waals surface area contributed by atoms with Gasteiger partial charge in [-0.15, -0.1) is 0 Å². The van der Waals surface area contributed by atoms with Gasteiger partial charge in [0.15, 0.2) is 0 Å². The summed E-state index contributed by atoms with van der Waals surface area (Å²) in [5.74, 6) is 0.220. The lowest BCUT2D eigenvalue weighted by Crippen LogP contribution is -2.35. The molecule has 0 heterocycles. The zero-order valence-electron chi connectivity index (χ0n) is 9.60. The Morgan fingerprint density at radius 3 is 2.94 bits per heavy atom. The predicted molar refractivity (Wildman–Crippen MR) is 68.9 cm³/mol. The summed E-state index contributed by atoms with van der Waals surface area (Å²) in [5, 5.41) is 20.3. The van der Waals surface area contributed by atoms with Crippen molar-refractivity contribution in [2.24, 2.45) is 0 Å². The van der Waals surface area contributed by atoms with Crippen molar-refractivity contribution >= 4 is 21.8 Å². The van der Waals surface area contributed by atoms with Gasteiger partial charge in [-0.05, 0) is 28.1 Å². The highest BCUT2D eigenvalue weighted by Gasteiger charge is 2.08. The predicted octanol–water partition coefficient (Wildman–Crippen LogP) is 1.22. The molecular weight excluding hydrogens is 300 g/mol. The molecule has 0 aromatic heterocycles. The van der Waals surface area contributed by atoms with Gasteiger partial charge < -0.3 is 15.2 Å². The van der Waals surface area contributed by atoms with E-state index in [0.29, 0.717) is 5.75 Å². The molecule has 6 heteroatoms. The number of nitrogens with zero attached hydrogens (tertiary/aromatic N) is 1. The van der Waals surface area contributed by atoms with Crippen molar-refractivity contribution in [1.82, 2.24) is 5.32 Å². The van der Waals surface area contributed by atoms with Gasteiger partial charge in [-0.2, -0.15) is 5.26 Å². The number of hydrogen-bond donors (Lipinski definition) is 2. The molecule has 1 amide bonds. The first-order valence-electron chi connectivity index (χ1n) is 5.32. The molecule has 1 aromatic carbocycles. The number of aliphatic hydroxyl groups excluding tert-OH is 1. The van der Waals surface area contributed by atoms with Crippen LogP contribution < -0.4 is 10.1 Å². The molecule has 2 N–H and O–H groups in total. The van der Waals surface area contributed by atoms with E-state index in [1.807, 2.05) is 18.2 Å². The first-order valence-corrected chi connectivity index (χ1v) is 6.12. The fraction of sp³-hybridized carbons (Fsp3) is 0.333. The van der Waals surface area contributed by atoms with Crippen molar-refractivity contribution in [3.05, 3.63) is 28.7 Å². The molecule has 96 valence electrons. The van der Waals surface area contributed by atoms with E-state index in [0.717, 1.165) is 4.47 Å². The molecule has 0 radical (unpaired) electrons. The molecule has 0 bridgehead atoms. The van der Waals surface area contributed by atoms with Gasteiger partial charge >= 0.3 is 0 Å². The number of carbonyl (C=O) groups is 1. The zero-order chi connectivity index (χ0) is 13.4. The Balaban J connectivity index is 2.29. The molecule has 0 aliphatic heterocycles. The molecule has 18 heavy (non-hydrogen) atoms. The van der Waals surface area contributed by atoms with E-state index in [9.17, 15) is 9.90 Å². The Morgan fingerprint density at radius 2 is 2.28 bits per heavy atom. The normalized spacial score (nSPS) is 11.4. The second-order valence-electron chi connectivity index (χ2n) is 3.53. The second kappa shape index (κ2) is 7.69. The minimum atomic E-state index is -0.820. The van der Waals surface area contributed by atoms with Crippen LogP contribution >= 0.6 is 15.9 Å². The van der Waals surface area contributed by atoms with Gasteiger partial charge in [0, 0.05) is 6.54 Å². The van der Waals surface area contributed by atoms with Gasteiger partial charge in [0.1, 0.15) is 24.9 Å². The van der Waals surface area contributed by atoms with Gasteiger partial charge in [0.05, 0.1) is 10.5 Å². The molecule has 5 nitrogen and oxygen atoms in total. The molecule has 1 aromatic rings. The van der Waals surface area contributed by atoms with Crippen LogP contribution in [-0.2, 0) is 4.79 Å². The highest BCUT2D eigenvalue weighted by Crippen LogP contribution is 2.23. The zero-order valence-corrected chi connectivity index (χ0v) is 11.2. The summed E-state index contributed by atoms with van der Waals surface area (Å²) in [6.45, 7) is 0.125. The van der Waals surface area contributed by atoms with Gasteiger partial charge in [0.2, 0.25) is 5.91 Å². The number of nitriles is 1. The standard InChI is InChI=1S/C12H13BrN2O3/c13-10-3-1-2-4-11(10)18-8-9(16)7-15-12(17)5-6-14/h1-4,9,16H,5,7-8H2,(H,15,17)/t9-/m0/s1. The number of nitrogens with one attached hydrogen (secondary N) is 1. The van der Waals surface area contributed by atoms with Crippen molar-refractivity contribution in [3.63, 3.8) is 0 Å². The van der Waals surface area contributed by atoms with Crippen molar-refractivity contribution in [2.45, 2.75) is 12.5 Å². The van der Waals surface area contributed by atoms with E-state index in [1.165, 1.54) is 0 Å². The minimum absolute atomic E-state index is 0.0605. The second-order valence-corrected chi connectivity index (χ2v) is 4.39. The number of amides is 1. The number of benzene rings is 1. The van der Waals surface area contributed by atoms with Crippen LogP contribution in [0.2, 0.25) is 0 Å². The Morgan fingerprint density at radius 1 is 1.56 bits per heavy atom. The molecule has 1 atom stereocenters. The maximum atomic E-state index is 11.0. The number of para-hydroxylation sites is 1. The van der Waals surface area contributed by atoms with E-state index >= 15 is 0 Å². The van der Waals surface area contributed by atoms with E-state index in [-0.39, 0.29) is 19.6 Å². The van der Waals surface area contributed by atoms with Gasteiger partial charge in [-0.3, -0.25) is 4.79 Å². The Bertz CT molecular complexity index is 445. The number of carbonyl (C=O) groups excluding carboxylic acids is 1. The van der Waals surface area contributed by atoms with E-state index < -0.39 is 12.0 Å². The van der Waals surface area contributed by atoms with Crippen molar-refractivity contribution in [1.29, 1.82) is 5.26 Å². The van der Waals surface area contributed by atoms with Crippen molar-refractivity contribution < 1.29 is 14.6 Å². The highest BCUT2D eigenvalue weighted by molar-refractivity contribution is 9.10. The van der Waals surface area contributed by atoms with Crippen LogP contribution in [0.5, 0.6) is 5.75 Å². The van der Waals surface area contributed by atoms with Crippen LogP contribution in [0, 0.1) is 11.3 Å². The average molecular weight is 313 g/mol. The molecule has 1 rings (SSSR count). The smallest absolute Gasteiger partial charge is 0.234 e. The van der Waals surface area contributed by atoms with Gasteiger partial charge in [-0.1, -0.05) is 12.1 Å². The molecule has 0 spiro atoms. The van der Waals surface area contributed by atoms with Crippen LogP contribution in [0.1, 0.15) is 6.42 Å².